The van der Waals surface area contributed by atoms with Crippen molar-refractivity contribution in [2.45, 2.75) is 0 Å². The molecule has 18 heavy (non-hydrogen) atoms. The Kier molecular flexibility index (Phi) is 3.04. The van der Waals surface area contributed by atoms with Crippen LogP contribution in [0.5, 0.6) is 0 Å². The third kappa shape index (κ3) is 2.39. The molecule has 1 saturated heterocycles. The van der Waals surface area contributed by atoms with E-state index in [0.717, 1.165) is 37.2 Å². The van der Waals surface area contributed by atoms with Crippen molar-refractivity contribution >= 4 is 17.0 Å². The first-order valence-corrected chi connectivity index (χ1v) is 6.11. The molecule has 1 aromatic carbocycles. The van der Waals surface area contributed by atoms with Crippen LogP contribution in [0, 0.1) is 0 Å². The summed E-state index contributed by atoms with van der Waals surface area (Å²) in [6.45, 7) is 4.03. The van der Waals surface area contributed by atoms with Gasteiger partial charge in [-0.15, -0.1) is 10.2 Å². The molecule has 6 heteroatoms. The van der Waals surface area contributed by atoms with Crippen LogP contribution in [0.4, 0.5) is 5.95 Å². The Labute approximate surface area is 106 Å². The highest BCUT2D eigenvalue weighted by molar-refractivity contribution is 5.73. The fourth-order valence-corrected chi connectivity index (χ4v) is 1.99. The lowest BCUT2D eigenvalue weighted by molar-refractivity contribution is 0.178. The number of hydrogen-bond donors (Lipinski definition) is 1. The zero-order valence-electron chi connectivity index (χ0n) is 10.4. The van der Waals surface area contributed by atoms with Gasteiger partial charge >= 0.3 is 0 Å². The average Bonchev–Trinajstić information content (AvgIpc) is 2.41. The third-order valence-corrected chi connectivity index (χ3v) is 3.12. The molecule has 1 fully saturated rings. The summed E-state index contributed by atoms with van der Waals surface area (Å²) in [5.41, 5.74) is 4.90. The molecule has 0 spiro atoms. The average molecular weight is 244 g/mol. The highest BCUT2D eigenvalue weighted by Gasteiger charge is 2.14. The molecule has 0 bridgehead atoms. The molecule has 2 heterocycles. The maximum Gasteiger partial charge on any atom is 0.257 e. The summed E-state index contributed by atoms with van der Waals surface area (Å²) >= 11 is 0. The van der Waals surface area contributed by atoms with Crippen molar-refractivity contribution in [1.29, 1.82) is 0 Å². The van der Waals surface area contributed by atoms with E-state index in [2.05, 4.69) is 37.6 Å². The number of aromatic nitrogens is 3. The number of hydrazine groups is 1. The van der Waals surface area contributed by atoms with E-state index < -0.39 is 0 Å². The number of nitrogens with zero attached hydrogens (tertiary/aromatic N) is 5. The summed E-state index contributed by atoms with van der Waals surface area (Å²) in [4.78, 5) is 6.75. The van der Waals surface area contributed by atoms with Crippen molar-refractivity contribution in [2.75, 3.05) is 38.7 Å². The Balaban J connectivity index is 1.74. The van der Waals surface area contributed by atoms with Gasteiger partial charge in [0.15, 0.2) is 0 Å². The lowest BCUT2D eigenvalue weighted by atomic mass is 10.3. The monoisotopic (exact) mass is 244 g/mol. The minimum Gasteiger partial charge on any atom is -0.304 e. The minimum atomic E-state index is 0.568. The van der Waals surface area contributed by atoms with E-state index in [1.807, 2.05) is 24.3 Å². The second-order valence-corrected chi connectivity index (χ2v) is 4.53. The first kappa shape index (κ1) is 11.3. The number of benzene rings is 1. The van der Waals surface area contributed by atoms with Gasteiger partial charge in [-0.05, 0) is 19.2 Å². The van der Waals surface area contributed by atoms with Crippen LogP contribution in [0.3, 0.4) is 0 Å². The predicted octanol–water partition coefficient (Wildman–Crippen LogP) is 0.599. The number of rotatable bonds is 2. The van der Waals surface area contributed by atoms with Gasteiger partial charge in [-0.1, -0.05) is 12.1 Å². The molecule has 0 aliphatic carbocycles. The van der Waals surface area contributed by atoms with Crippen LogP contribution in [0.15, 0.2) is 24.3 Å². The molecule has 1 aromatic heterocycles. The lowest BCUT2D eigenvalue weighted by Crippen LogP contribution is -2.47. The SMILES string of the molecule is CN1CCN(Nc2nnc3ccccc3n2)CC1. The molecule has 6 nitrogen and oxygen atoms in total. The van der Waals surface area contributed by atoms with E-state index in [1.54, 1.807) is 0 Å². The van der Waals surface area contributed by atoms with Gasteiger partial charge in [0, 0.05) is 26.2 Å². The van der Waals surface area contributed by atoms with E-state index >= 15 is 0 Å². The fraction of sp³-hybridized carbons (Fsp3) is 0.417. The summed E-state index contributed by atoms with van der Waals surface area (Å²) in [5.74, 6) is 0.568. The van der Waals surface area contributed by atoms with Crippen molar-refractivity contribution in [2.24, 2.45) is 0 Å². The van der Waals surface area contributed by atoms with Crippen LogP contribution in [0.25, 0.3) is 11.0 Å². The molecule has 94 valence electrons. The van der Waals surface area contributed by atoms with E-state index in [1.165, 1.54) is 0 Å². The van der Waals surface area contributed by atoms with Gasteiger partial charge in [-0.25, -0.2) is 9.99 Å². The van der Waals surface area contributed by atoms with Gasteiger partial charge in [-0.3, -0.25) is 5.43 Å². The maximum absolute atomic E-state index is 4.45. The summed E-state index contributed by atoms with van der Waals surface area (Å²) in [7, 11) is 2.13. The van der Waals surface area contributed by atoms with E-state index in [9.17, 15) is 0 Å². The molecule has 1 aliphatic rings. The first-order chi connectivity index (χ1) is 8.81. The maximum atomic E-state index is 4.45. The summed E-state index contributed by atoms with van der Waals surface area (Å²) in [6, 6.07) is 7.75. The Bertz CT molecular complexity index is 535. The molecular formula is C12H16N6. The van der Waals surface area contributed by atoms with Crippen molar-refractivity contribution in [3.05, 3.63) is 24.3 Å². The normalized spacial score (nSPS) is 18.1. The van der Waals surface area contributed by atoms with Gasteiger partial charge in [0.2, 0.25) is 0 Å². The Morgan fingerprint density at radius 2 is 1.72 bits per heavy atom. The largest absolute Gasteiger partial charge is 0.304 e. The van der Waals surface area contributed by atoms with Crippen LogP contribution < -0.4 is 5.43 Å². The fourth-order valence-electron chi connectivity index (χ4n) is 1.99. The molecular weight excluding hydrogens is 228 g/mol. The topological polar surface area (TPSA) is 57.2 Å². The van der Waals surface area contributed by atoms with Gasteiger partial charge in [0.05, 0.1) is 5.52 Å². The van der Waals surface area contributed by atoms with Gasteiger partial charge in [0.25, 0.3) is 5.95 Å². The molecule has 0 unspecified atom stereocenters. The third-order valence-electron chi connectivity index (χ3n) is 3.12. The molecule has 0 amide bonds. The van der Waals surface area contributed by atoms with Crippen LogP contribution in [-0.4, -0.2) is 58.3 Å². The molecule has 0 radical (unpaired) electrons. The molecule has 0 saturated carbocycles. The number of likely N-dealkylation sites (N-methyl/N-ethyl adjacent to an activating group) is 1. The Morgan fingerprint density at radius 3 is 2.50 bits per heavy atom. The van der Waals surface area contributed by atoms with E-state index in [0.29, 0.717) is 5.95 Å². The van der Waals surface area contributed by atoms with Gasteiger partial charge in [-0.2, -0.15) is 0 Å². The second-order valence-electron chi connectivity index (χ2n) is 4.53. The number of para-hydroxylation sites is 1. The van der Waals surface area contributed by atoms with Crippen LogP contribution in [-0.2, 0) is 0 Å². The van der Waals surface area contributed by atoms with Crippen LogP contribution >= 0.6 is 0 Å². The Morgan fingerprint density at radius 1 is 1.00 bits per heavy atom. The molecule has 1 aliphatic heterocycles. The Hall–Kier alpha value is -1.79. The number of piperazine rings is 1. The molecule has 3 rings (SSSR count). The van der Waals surface area contributed by atoms with Crippen molar-refractivity contribution < 1.29 is 0 Å². The zero-order chi connectivity index (χ0) is 12.4. The zero-order valence-corrected chi connectivity index (χ0v) is 10.4. The molecule has 1 N–H and O–H groups in total. The van der Waals surface area contributed by atoms with Gasteiger partial charge in [0.1, 0.15) is 5.52 Å². The highest BCUT2D eigenvalue weighted by Crippen LogP contribution is 2.09. The first-order valence-electron chi connectivity index (χ1n) is 6.11. The smallest absolute Gasteiger partial charge is 0.257 e. The number of hydrogen-bond acceptors (Lipinski definition) is 6. The number of nitrogens with one attached hydrogen (secondary N) is 1. The summed E-state index contributed by atoms with van der Waals surface area (Å²) < 4.78 is 0. The van der Waals surface area contributed by atoms with Crippen molar-refractivity contribution in [3.63, 3.8) is 0 Å². The van der Waals surface area contributed by atoms with E-state index in [-0.39, 0.29) is 0 Å². The second kappa shape index (κ2) is 4.83. The summed E-state index contributed by atoms with van der Waals surface area (Å²) in [5, 5.41) is 10.4. The van der Waals surface area contributed by atoms with E-state index in [4.69, 9.17) is 0 Å². The minimum absolute atomic E-state index is 0.568. The highest BCUT2D eigenvalue weighted by atomic mass is 15.6. The number of fused-ring (bicyclic) bond motifs is 1. The van der Waals surface area contributed by atoms with Crippen molar-refractivity contribution in [1.82, 2.24) is 25.1 Å². The van der Waals surface area contributed by atoms with Crippen LogP contribution in [0.2, 0.25) is 0 Å². The van der Waals surface area contributed by atoms with Gasteiger partial charge < -0.3 is 4.90 Å². The summed E-state index contributed by atoms with van der Waals surface area (Å²) in [6.07, 6.45) is 0. The number of anilines is 1. The van der Waals surface area contributed by atoms with Crippen LogP contribution in [0.1, 0.15) is 0 Å². The predicted molar refractivity (Wildman–Crippen MR) is 70.0 cm³/mol. The lowest BCUT2D eigenvalue weighted by Gasteiger charge is -2.32. The quantitative estimate of drug-likeness (QED) is 0.835. The molecule has 0 atom stereocenters. The molecule has 2 aromatic rings. The standard InChI is InChI=1S/C12H16N6/c1-17-6-8-18(9-7-17)16-12-13-10-4-2-3-5-11(10)14-15-12/h2-5H,6-9H2,1H3,(H,13,15,16). The van der Waals surface area contributed by atoms with Crippen molar-refractivity contribution in [3.8, 4) is 0 Å².